The summed E-state index contributed by atoms with van der Waals surface area (Å²) in [7, 11) is 1.67. The highest BCUT2D eigenvalue weighted by atomic mass is 19.1. The third kappa shape index (κ3) is 5.65. The number of aromatic nitrogens is 1. The van der Waals surface area contributed by atoms with Gasteiger partial charge in [-0.3, -0.25) is 9.98 Å². The number of guanidine groups is 1. The van der Waals surface area contributed by atoms with Gasteiger partial charge in [0.1, 0.15) is 11.6 Å². The molecule has 23 heavy (non-hydrogen) atoms. The molecule has 2 N–H and O–H groups in total. The predicted octanol–water partition coefficient (Wildman–Crippen LogP) is 2.31. The van der Waals surface area contributed by atoms with E-state index in [1.165, 1.54) is 6.07 Å². The molecule has 0 amide bonds. The van der Waals surface area contributed by atoms with Gasteiger partial charge in [0.2, 0.25) is 0 Å². The van der Waals surface area contributed by atoms with Gasteiger partial charge in [0.05, 0.1) is 0 Å². The first-order valence-electron chi connectivity index (χ1n) is 7.47. The van der Waals surface area contributed by atoms with Gasteiger partial charge >= 0.3 is 0 Å². The predicted molar refractivity (Wildman–Crippen MR) is 87.4 cm³/mol. The lowest BCUT2D eigenvalue weighted by Crippen LogP contribution is -2.39. The van der Waals surface area contributed by atoms with E-state index in [0.717, 1.165) is 24.2 Å². The normalized spacial score (nSPS) is 11.3. The zero-order chi connectivity index (χ0) is 16.5. The molecular formula is C17H20F2N4. The van der Waals surface area contributed by atoms with Crippen molar-refractivity contribution in [1.82, 2.24) is 15.6 Å². The van der Waals surface area contributed by atoms with E-state index in [0.29, 0.717) is 31.0 Å². The quantitative estimate of drug-likeness (QED) is 0.635. The molecule has 0 atom stereocenters. The van der Waals surface area contributed by atoms with Crippen molar-refractivity contribution in [3.63, 3.8) is 0 Å². The first-order valence-corrected chi connectivity index (χ1v) is 7.47. The van der Waals surface area contributed by atoms with E-state index in [1.54, 1.807) is 13.2 Å². The number of aliphatic imine (C=N–C) groups is 1. The minimum absolute atomic E-state index is 0.349. The van der Waals surface area contributed by atoms with E-state index in [4.69, 9.17) is 0 Å². The fourth-order valence-corrected chi connectivity index (χ4v) is 2.13. The molecule has 0 aliphatic carbocycles. The number of hydrogen-bond donors (Lipinski definition) is 2. The molecule has 0 spiro atoms. The minimum Gasteiger partial charge on any atom is -0.356 e. The number of hydrogen-bond acceptors (Lipinski definition) is 2. The Morgan fingerprint density at radius 3 is 2.57 bits per heavy atom. The van der Waals surface area contributed by atoms with Crippen LogP contribution in [0.4, 0.5) is 8.78 Å². The summed E-state index contributed by atoms with van der Waals surface area (Å²) >= 11 is 0. The average molecular weight is 318 g/mol. The van der Waals surface area contributed by atoms with Crippen LogP contribution in [0.1, 0.15) is 11.3 Å². The van der Waals surface area contributed by atoms with Crippen molar-refractivity contribution in [2.45, 2.75) is 12.8 Å². The van der Waals surface area contributed by atoms with Crippen LogP contribution < -0.4 is 10.6 Å². The van der Waals surface area contributed by atoms with Crippen LogP contribution in [0.3, 0.4) is 0 Å². The highest BCUT2D eigenvalue weighted by Gasteiger charge is 2.04. The van der Waals surface area contributed by atoms with Crippen LogP contribution in [0.15, 0.2) is 47.6 Å². The molecule has 6 heteroatoms. The highest BCUT2D eigenvalue weighted by molar-refractivity contribution is 5.79. The van der Waals surface area contributed by atoms with E-state index in [1.807, 2.05) is 18.2 Å². The van der Waals surface area contributed by atoms with E-state index in [-0.39, 0.29) is 0 Å². The zero-order valence-corrected chi connectivity index (χ0v) is 13.0. The molecule has 1 aromatic heterocycles. The third-order valence-electron chi connectivity index (χ3n) is 3.32. The van der Waals surface area contributed by atoms with E-state index in [2.05, 4.69) is 20.6 Å². The highest BCUT2D eigenvalue weighted by Crippen LogP contribution is 2.09. The molecule has 0 radical (unpaired) electrons. The van der Waals surface area contributed by atoms with E-state index >= 15 is 0 Å². The van der Waals surface area contributed by atoms with Gasteiger partial charge in [0.15, 0.2) is 5.96 Å². The van der Waals surface area contributed by atoms with Crippen molar-refractivity contribution in [3.05, 3.63) is 65.5 Å². The van der Waals surface area contributed by atoms with Crippen molar-refractivity contribution >= 4 is 5.96 Å². The van der Waals surface area contributed by atoms with Crippen LogP contribution in [0.5, 0.6) is 0 Å². The molecule has 2 aromatic rings. The molecule has 0 bridgehead atoms. The molecule has 0 aliphatic heterocycles. The summed E-state index contributed by atoms with van der Waals surface area (Å²) < 4.78 is 26.6. The van der Waals surface area contributed by atoms with Crippen LogP contribution in [0.2, 0.25) is 0 Å². The SMILES string of the molecule is CN=C(NCCc1ccccn1)NCCc1cc(F)ccc1F. The van der Waals surface area contributed by atoms with Crippen molar-refractivity contribution in [3.8, 4) is 0 Å². The van der Waals surface area contributed by atoms with Crippen molar-refractivity contribution in [1.29, 1.82) is 0 Å². The summed E-state index contributed by atoms with van der Waals surface area (Å²) in [6, 6.07) is 9.26. The summed E-state index contributed by atoms with van der Waals surface area (Å²) in [6.07, 6.45) is 2.92. The van der Waals surface area contributed by atoms with Gasteiger partial charge in [0.25, 0.3) is 0 Å². The average Bonchev–Trinajstić information content (AvgIpc) is 2.57. The van der Waals surface area contributed by atoms with Crippen molar-refractivity contribution in [2.75, 3.05) is 20.1 Å². The van der Waals surface area contributed by atoms with Gasteiger partial charge in [-0.15, -0.1) is 0 Å². The Balaban J connectivity index is 1.74. The molecule has 0 unspecified atom stereocenters. The number of rotatable bonds is 6. The van der Waals surface area contributed by atoms with Gasteiger partial charge in [0, 0.05) is 38.4 Å². The van der Waals surface area contributed by atoms with Crippen LogP contribution >= 0.6 is 0 Å². The summed E-state index contributed by atoms with van der Waals surface area (Å²) in [6.45, 7) is 1.15. The van der Waals surface area contributed by atoms with Crippen LogP contribution in [-0.4, -0.2) is 31.1 Å². The zero-order valence-electron chi connectivity index (χ0n) is 13.0. The Morgan fingerprint density at radius 1 is 1.09 bits per heavy atom. The fraction of sp³-hybridized carbons (Fsp3) is 0.294. The Kier molecular flexibility index (Phi) is 6.47. The maximum absolute atomic E-state index is 13.5. The summed E-state index contributed by atoms with van der Waals surface area (Å²) in [5.41, 5.74) is 1.35. The molecule has 4 nitrogen and oxygen atoms in total. The first-order chi connectivity index (χ1) is 11.2. The summed E-state index contributed by atoms with van der Waals surface area (Å²) in [4.78, 5) is 8.34. The fourth-order valence-electron chi connectivity index (χ4n) is 2.13. The molecular weight excluding hydrogens is 298 g/mol. The minimum atomic E-state index is -0.431. The lowest BCUT2D eigenvalue weighted by molar-refractivity contribution is 0.583. The van der Waals surface area contributed by atoms with E-state index in [9.17, 15) is 8.78 Å². The molecule has 0 aliphatic rings. The Hall–Kier alpha value is -2.50. The topological polar surface area (TPSA) is 49.3 Å². The second-order valence-electron chi connectivity index (χ2n) is 4.98. The van der Waals surface area contributed by atoms with Gasteiger partial charge in [-0.1, -0.05) is 6.07 Å². The first kappa shape index (κ1) is 16.9. The van der Waals surface area contributed by atoms with Crippen LogP contribution in [0, 0.1) is 11.6 Å². The maximum atomic E-state index is 13.5. The Labute approximate surface area is 134 Å². The van der Waals surface area contributed by atoms with Crippen molar-refractivity contribution < 1.29 is 8.78 Å². The molecule has 1 heterocycles. The Morgan fingerprint density at radius 2 is 1.87 bits per heavy atom. The number of nitrogens with one attached hydrogen (secondary N) is 2. The van der Waals surface area contributed by atoms with Gasteiger partial charge in [-0.25, -0.2) is 8.78 Å². The molecule has 0 saturated heterocycles. The second kappa shape index (κ2) is 8.82. The molecule has 122 valence electrons. The lowest BCUT2D eigenvalue weighted by atomic mass is 10.1. The summed E-state index contributed by atoms with van der Waals surface area (Å²) in [5, 5.41) is 6.24. The van der Waals surface area contributed by atoms with Crippen LogP contribution in [-0.2, 0) is 12.8 Å². The number of halogens is 2. The number of pyridine rings is 1. The van der Waals surface area contributed by atoms with Crippen LogP contribution in [0.25, 0.3) is 0 Å². The van der Waals surface area contributed by atoms with Gasteiger partial charge in [-0.2, -0.15) is 0 Å². The molecule has 1 aromatic carbocycles. The number of benzene rings is 1. The second-order valence-corrected chi connectivity index (χ2v) is 4.98. The monoisotopic (exact) mass is 318 g/mol. The van der Waals surface area contributed by atoms with Gasteiger partial charge < -0.3 is 10.6 Å². The van der Waals surface area contributed by atoms with E-state index < -0.39 is 11.6 Å². The van der Waals surface area contributed by atoms with Crippen molar-refractivity contribution in [2.24, 2.45) is 4.99 Å². The molecule has 2 rings (SSSR count). The third-order valence-corrected chi connectivity index (χ3v) is 3.32. The largest absolute Gasteiger partial charge is 0.356 e. The maximum Gasteiger partial charge on any atom is 0.190 e. The standard InChI is InChI=1S/C17H20F2N4/c1-20-17(23-11-8-15-4-2-3-9-21-15)22-10-7-13-12-14(18)5-6-16(13)19/h2-6,9,12H,7-8,10-11H2,1H3,(H2,20,22,23). The molecule has 0 saturated carbocycles. The lowest BCUT2D eigenvalue weighted by Gasteiger charge is -2.12. The van der Waals surface area contributed by atoms with Gasteiger partial charge in [-0.05, 0) is 42.3 Å². The Bertz CT molecular complexity index is 644. The molecule has 0 fully saturated rings. The smallest absolute Gasteiger partial charge is 0.190 e. The number of nitrogens with zero attached hydrogens (tertiary/aromatic N) is 2. The summed E-state index contributed by atoms with van der Waals surface area (Å²) in [5.74, 6) is -0.205.